The molecule has 19 heavy (non-hydrogen) atoms. The van der Waals surface area contributed by atoms with Crippen LogP contribution in [0, 0.1) is 11.2 Å². The highest BCUT2D eigenvalue weighted by Crippen LogP contribution is 2.44. The molecule has 0 aromatic heterocycles. The van der Waals surface area contributed by atoms with Crippen LogP contribution >= 0.6 is 15.9 Å². The van der Waals surface area contributed by atoms with Crippen LogP contribution in [-0.4, -0.2) is 26.0 Å². The van der Waals surface area contributed by atoms with Crippen molar-refractivity contribution in [3.05, 3.63) is 34.1 Å². The normalized spacial score (nSPS) is 16.2. The molecule has 1 aromatic carbocycles. The number of hydrogen-bond acceptors (Lipinski definition) is 2. The highest BCUT2D eigenvalue weighted by atomic mass is 79.9. The third kappa shape index (κ3) is 4.01. The maximum atomic E-state index is 13.5. The minimum atomic E-state index is -0.338. The number of carbonyl (C=O) groups is 1. The summed E-state index contributed by atoms with van der Waals surface area (Å²) in [6.07, 6.45) is 2.36. The predicted molar refractivity (Wildman–Crippen MR) is 76.4 cm³/mol. The molecule has 1 aliphatic rings. The number of carbonyl (C=O) groups excluding carboxylic acids is 1. The largest absolute Gasteiger partial charge is 0.355 e. The molecule has 104 valence electrons. The minimum absolute atomic E-state index is 0.0842. The van der Waals surface area contributed by atoms with Gasteiger partial charge in [0, 0.05) is 23.0 Å². The zero-order valence-corrected chi connectivity index (χ0v) is 12.5. The first-order valence-corrected chi connectivity index (χ1v) is 7.19. The van der Waals surface area contributed by atoms with Gasteiger partial charge in [0.1, 0.15) is 5.82 Å². The molecule has 1 amide bonds. The molecule has 3 nitrogen and oxygen atoms in total. The van der Waals surface area contributed by atoms with Crippen LogP contribution < -0.4 is 10.6 Å². The van der Waals surface area contributed by atoms with Gasteiger partial charge in [-0.3, -0.25) is 4.79 Å². The van der Waals surface area contributed by atoms with Crippen molar-refractivity contribution in [3.63, 3.8) is 0 Å². The van der Waals surface area contributed by atoms with E-state index in [1.165, 1.54) is 6.07 Å². The molecular weight excluding hydrogens is 311 g/mol. The number of benzene rings is 1. The highest BCUT2D eigenvalue weighted by molar-refractivity contribution is 9.10. The molecule has 2 rings (SSSR count). The standard InChI is InChI=1S/C14H18BrFN2O/c1-17-8-14(4-5-14)9-18-13(19)7-10-6-11(15)2-3-12(10)16/h2-3,6,17H,4-5,7-9H2,1H3,(H,18,19). The number of hydrogen-bond donors (Lipinski definition) is 2. The van der Waals surface area contributed by atoms with Gasteiger partial charge < -0.3 is 10.6 Å². The van der Waals surface area contributed by atoms with Crippen molar-refractivity contribution in [2.24, 2.45) is 5.41 Å². The molecular formula is C14H18BrFN2O. The Morgan fingerprint density at radius 2 is 2.16 bits per heavy atom. The Balaban J connectivity index is 1.86. The lowest BCUT2D eigenvalue weighted by atomic mass is 10.1. The summed E-state index contributed by atoms with van der Waals surface area (Å²) in [6, 6.07) is 4.65. The van der Waals surface area contributed by atoms with Gasteiger partial charge in [0.05, 0.1) is 6.42 Å². The molecule has 2 N–H and O–H groups in total. The van der Waals surface area contributed by atoms with Gasteiger partial charge >= 0.3 is 0 Å². The maximum Gasteiger partial charge on any atom is 0.224 e. The third-order valence-electron chi connectivity index (χ3n) is 3.53. The fourth-order valence-electron chi connectivity index (χ4n) is 2.17. The molecule has 0 radical (unpaired) electrons. The Hall–Kier alpha value is -0.940. The topological polar surface area (TPSA) is 41.1 Å². The Kier molecular flexibility index (Phi) is 4.58. The van der Waals surface area contributed by atoms with E-state index in [9.17, 15) is 9.18 Å². The van der Waals surface area contributed by atoms with E-state index in [0.717, 1.165) is 23.9 Å². The molecule has 0 aliphatic heterocycles. The number of halogens is 2. The van der Waals surface area contributed by atoms with Crippen molar-refractivity contribution in [2.75, 3.05) is 20.1 Å². The second-order valence-electron chi connectivity index (χ2n) is 5.22. The average Bonchev–Trinajstić information content (AvgIpc) is 3.12. The summed E-state index contributed by atoms with van der Waals surface area (Å²) in [4.78, 5) is 11.8. The average molecular weight is 329 g/mol. The lowest BCUT2D eigenvalue weighted by Crippen LogP contribution is -2.35. The van der Waals surface area contributed by atoms with Gasteiger partial charge in [-0.15, -0.1) is 0 Å². The smallest absolute Gasteiger partial charge is 0.224 e. The van der Waals surface area contributed by atoms with E-state index in [-0.39, 0.29) is 23.6 Å². The predicted octanol–water partition coefficient (Wildman–Crippen LogP) is 2.25. The zero-order chi connectivity index (χ0) is 13.9. The monoisotopic (exact) mass is 328 g/mol. The molecule has 1 fully saturated rings. The van der Waals surface area contributed by atoms with Crippen LogP contribution in [0.1, 0.15) is 18.4 Å². The second-order valence-corrected chi connectivity index (χ2v) is 6.14. The van der Waals surface area contributed by atoms with Crippen molar-refractivity contribution in [1.29, 1.82) is 0 Å². The van der Waals surface area contributed by atoms with Gasteiger partial charge in [-0.05, 0) is 43.7 Å². The van der Waals surface area contributed by atoms with Crippen molar-refractivity contribution < 1.29 is 9.18 Å². The highest BCUT2D eigenvalue weighted by Gasteiger charge is 2.41. The second kappa shape index (κ2) is 6.01. The van der Waals surface area contributed by atoms with Gasteiger partial charge in [0.25, 0.3) is 0 Å². The first-order chi connectivity index (χ1) is 9.04. The first-order valence-electron chi connectivity index (χ1n) is 6.40. The zero-order valence-electron chi connectivity index (χ0n) is 10.9. The van der Waals surface area contributed by atoms with Crippen molar-refractivity contribution in [3.8, 4) is 0 Å². The molecule has 5 heteroatoms. The van der Waals surface area contributed by atoms with E-state index < -0.39 is 0 Å². The molecule has 1 saturated carbocycles. The first kappa shape index (κ1) is 14.5. The van der Waals surface area contributed by atoms with E-state index in [1.807, 2.05) is 7.05 Å². The molecule has 1 aromatic rings. The van der Waals surface area contributed by atoms with E-state index in [1.54, 1.807) is 12.1 Å². The van der Waals surface area contributed by atoms with Crippen molar-refractivity contribution in [2.45, 2.75) is 19.3 Å². The lowest BCUT2D eigenvalue weighted by Gasteiger charge is -2.15. The van der Waals surface area contributed by atoms with Crippen LogP contribution in [-0.2, 0) is 11.2 Å². The molecule has 0 heterocycles. The summed E-state index contributed by atoms with van der Waals surface area (Å²) in [6.45, 7) is 1.58. The van der Waals surface area contributed by atoms with Crippen LogP contribution in [0.5, 0.6) is 0 Å². The van der Waals surface area contributed by atoms with Crippen LogP contribution in [0.2, 0.25) is 0 Å². The van der Waals surface area contributed by atoms with Crippen molar-refractivity contribution >= 4 is 21.8 Å². The van der Waals surface area contributed by atoms with Gasteiger partial charge in [0.2, 0.25) is 5.91 Å². The minimum Gasteiger partial charge on any atom is -0.355 e. The van der Waals surface area contributed by atoms with E-state index in [0.29, 0.717) is 12.1 Å². The Labute approximate surface area is 121 Å². The number of nitrogens with one attached hydrogen (secondary N) is 2. The molecule has 0 unspecified atom stereocenters. The summed E-state index contributed by atoms with van der Waals surface area (Å²) in [7, 11) is 1.92. The van der Waals surface area contributed by atoms with Crippen molar-refractivity contribution in [1.82, 2.24) is 10.6 Å². The molecule has 1 aliphatic carbocycles. The summed E-state index contributed by atoms with van der Waals surface area (Å²) >= 11 is 3.28. The number of amides is 1. The fraction of sp³-hybridized carbons (Fsp3) is 0.500. The van der Waals surface area contributed by atoms with Crippen LogP contribution in [0.4, 0.5) is 4.39 Å². The van der Waals surface area contributed by atoms with Gasteiger partial charge in [-0.1, -0.05) is 15.9 Å². The Morgan fingerprint density at radius 1 is 1.42 bits per heavy atom. The SMILES string of the molecule is CNCC1(CNC(=O)Cc2cc(Br)ccc2F)CC1. The number of rotatable bonds is 6. The molecule has 0 atom stereocenters. The van der Waals surface area contributed by atoms with Gasteiger partial charge in [0.15, 0.2) is 0 Å². The molecule has 0 spiro atoms. The van der Waals surface area contributed by atoms with Gasteiger partial charge in [-0.2, -0.15) is 0 Å². The molecule has 0 bridgehead atoms. The quantitative estimate of drug-likeness (QED) is 0.840. The summed E-state index contributed by atoms with van der Waals surface area (Å²) < 4.78 is 14.3. The Morgan fingerprint density at radius 3 is 2.79 bits per heavy atom. The van der Waals surface area contributed by atoms with Gasteiger partial charge in [-0.25, -0.2) is 4.39 Å². The molecule has 0 saturated heterocycles. The summed E-state index contributed by atoms with van der Waals surface area (Å²) in [5, 5.41) is 6.05. The maximum absolute atomic E-state index is 13.5. The Bertz CT molecular complexity index is 475. The summed E-state index contributed by atoms with van der Waals surface area (Å²) in [5.74, 6) is -0.464. The fourth-order valence-corrected chi connectivity index (χ4v) is 2.58. The van der Waals surface area contributed by atoms with E-state index in [4.69, 9.17) is 0 Å². The van der Waals surface area contributed by atoms with Crippen LogP contribution in [0.25, 0.3) is 0 Å². The van der Waals surface area contributed by atoms with E-state index >= 15 is 0 Å². The third-order valence-corrected chi connectivity index (χ3v) is 4.02. The lowest BCUT2D eigenvalue weighted by molar-refractivity contribution is -0.120. The van der Waals surface area contributed by atoms with Crippen LogP contribution in [0.3, 0.4) is 0 Å². The van der Waals surface area contributed by atoms with Crippen LogP contribution in [0.15, 0.2) is 22.7 Å². The van der Waals surface area contributed by atoms with E-state index in [2.05, 4.69) is 26.6 Å². The summed E-state index contributed by atoms with van der Waals surface area (Å²) in [5.41, 5.74) is 0.644.